The largest absolute Gasteiger partial charge is 0.493 e. The van der Waals surface area contributed by atoms with Gasteiger partial charge in [0.1, 0.15) is 11.5 Å². The number of esters is 1. The molecular formula is C21H20O8. The molecule has 29 heavy (non-hydrogen) atoms. The van der Waals surface area contributed by atoms with Crippen molar-refractivity contribution in [3.63, 3.8) is 0 Å². The van der Waals surface area contributed by atoms with Crippen molar-refractivity contribution in [2.24, 2.45) is 0 Å². The summed E-state index contributed by atoms with van der Waals surface area (Å²) in [6.07, 6.45) is 1.57. The third-order valence-corrected chi connectivity index (χ3v) is 4.25. The lowest BCUT2D eigenvalue weighted by atomic mass is 10.1. The van der Waals surface area contributed by atoms with Gasteiger partial charge in [0.15, 0.2) is 23.9 Å². The molecule has 2 aromatic carbocycles. The van der Waals surface area contributed by atoms with Gasteiger partial charge in [0.25, 0.3) is 0 Å². The SMILES string of the molecule is COC(=O)COc1ccc2c(c1)O/C(=C/c1ccc(OC)c(OC)c1OC)C2=O. The number of rotatable bonds is 7. The third kappa shape index (κ3) is 3.96. The first-order valence-electron chi connectivity index (χ1n) is 8.59. The lowest BCUT2D eigenvalue weighted by Gasteiger charge is -2.14. The highest BCUT2D eigenvalue weighted by molar-refractivity contribution is 6.14. The second-order valence-electron chi connectivity index (χ2n) is 5.89. The van der Waals surface area contributed by atoms with E-state index in [-0.39, 0.29) is 18.1 Å². The Hall–Kier alpha value is -3.68. The molecule has 3 rings (SSSR count). The predicted molar refractivity (Wildman–Crippen MR) is 103 cm³/mol. The van der Waals surface area contributed by atoms with Crippen molar-refractivity contribution < 1.29 is 38.0 Å². The molecule has 0 amide bonds. The average Bonchev–Trinajstić information content (AvgIpc) is 3.05. The molecule has 0 fully saturated rings. The maximum Gasteiger partial charge on any atom is 0.343 e. The van der Waals surface area contributed by atoms with Crippen LogP contribution in [0.4, 0.5) is 0 Å². The molecule has 1 aliphatic heterocycles. The van der Waals surface area contributed by atoms with Crippen molar-refractivity contribution in [1.82, 2.24) is 0 Å². The van der Waals surface area contributed by atoms with E-state index in [1.807, 2.05) is 0 Å². The number of methoxy groups -OCH3 is 4. The Morgan fingerprint density at radius 2 is 1.76 bits per heavy atom. The zero-order valence-corrected chi connectivity index (χ0v) is 16.4. The minimum atomic E-state index is -0.511. The molecule has 0 atom stereocenters. The van der Waals surface area contributed by atoms with Crippen molar-refractivity contribution in [2.75, 3.05) is 35.0 Å². The van der Waals surface area contributed by atoms with Crippen molar-refractivity contribution in [3.8, 4) is 28.7 Å². The van der Waals surface area contributed by atoms with Crippen LogP contribution in [0.3, 0.4) is 0 Å². The highest BCUT2D eigenvalue weighted by Gasteiger charge is 2.28. The fourth-order valence-corrected chi connectivity index (χ4v) is 2.84. The molecule has 0 saturated carbocycles. The number of hydrogen-bond donors (Lipinski definition) is 0. The van der Waals surface area contributed by atoms with Gasteiger partial charge in [0.2, 0.25) is 11.5 Å². The molecule has 0 unspecified atom stereocenters. The summed E-state index contributed by atoms with van der Waals surface area (Å²) in [5.74, 6) is 1.37. The smallest absolute Gasteiger partial charge is 0.343 e. The van der Waals surface area contributed by atoms with E-state index in [0.29, 0.717) is 39.9 Å². The van der Waals surface area contributed by atoms with E-state index in [9.17, 15) is 9.59 Å². The minimum Gasteiger partial charge on any atom is -0.493 e. The molecule has 0 N–H and O–H groups in total. The summed E-state index contributed by atoms with van der Waals surface area (Å²) >= 11 is 0. The quantitative estimate of drug-likeness (QED) is 0.518. The van der Waals surface area contributed by atoms with Crippen LogP contribution in [0.25, 0.3) is 6.08 Å². The summed E-state index contributed by atoms with van der Waals surface area (Å²) in [6, 6.07) is 8.15. The summed E-state index contributed by atoms with van der Waals surface area (Å²) in [6.45, 7) is -0.241. The lowest BCUT2D eigenvalue weighted by Crippen LogP contribution is -2.12. The van der Waals surface area contributed by atoms with Gasteiger partial charge in [-0.05, 0) is 30.3 Å². The number of ether oxygens (including phenoxy) is 6. The molecule has 1 heterocycles. The molecule has 0 aliphatic carbocycles. The molecule has 8 nitrogen and oxygen atoms in total. The van der Waals surface area contributed by atoms with Crippen molar-refractivity contribution >= 4 is 17.8 Å². The molecule has 0 saturated heterocycles. The molecule has 152 valence electrons. The Morgan fingerprint density at radius 3 is 2.41 bits per heavy atom. The zero-order valence-electron chi connectivity index (χ0n) is 16.4. The van der Waals surface area contributed by atoms with Gasteiger partial charge in [0.05, 0.1) is 34.0 Å². The van der Waals surface area contributed by atoms with Crippen LogP contribution in [0.15, 0.2) is 36.1 Å². The highest BCUT2D eigenvalue weighted by atomic mass is 16.6. The van der Waals surface area contributed by atoms with Gasteiger partial charge in [-0.3, -0.25) is 4.79 Å². The van der Waals surface area contributed by atoms with E-state index >= 15 is 0 Å². The van der Waals surface area contributed by atoms with Crippen molar-refractivity contribution in [2.45, 2.75) is 0 Å². The van der Waals surface area contributed by atoms with E-state index in [2.05, 4.69) is 4.74 Å². The minimum absolute atomic E-state index is 0.121. The Kier molecular flexibility index (Phi) is 5.92. The first kappa shape index (κ1) is 20.1. The van der Waals surface area contributed by atoms with Gasteiger partial charge in [-0.1, -0.05) is 0 Å². The van der Waals surface area contributed by atoms with Crippen LogP contribution in [-0.4, -0.2) is 46.8 Å². The maximum absolute atomic E-state index is 12.7. The summed E-state index contributed by atoms with van der Waals surface area (Å²) in [5.41, 5.74) is 0.976. The number of fused-ring (bicyclic) bond motifs is 1. The van der Waals surface area contributed by atoms with Crippen LogP contribution in [-0.2, 0) is 9.53 Å². The summed E-state index contributed by atoms with van der Waals surface area (Å²) in [7, 11) is 5.79. The normalized spacial score (nSPS) is 13.5. The fourth-order valence-electron chi connectivity index (χ4n) is 2.84. The van der Waals surface area contributed by atoms with Crippen LogP contribution in [0.5, 0.6) is 28.7 Å². The van der Waals surface area contributed by atoms with Gasteiger partial charge in [-0.2, -0.15) is 0 Å². The van der Waals surface area contributed by atoms with Crippen LogP contribution < -0.4 is 23.7 Å². The Labute approximate surface area is 167 Å². The van der Waals surface area contributed by atoms with Crippen LogP contribution in [0, 0.1) is 0 Å². The molecule has 0 spiro atoms. The summed E-state index contributed by atoms with van der Waals surface area (Å²) < 4.78 is 31.6. The van der Waals surface area contributed by atoms with Gasteiger partial charge in [-0.15, -0.1) is 0 Å². The number of Topliss-reactive ketones (excluding diaryl/α,β-unsaturated/α-hetero) is 1. The Bertz CT molecular complexity index is 977. The molecule has 1 aliphatic rings. The van der Waals surface area contributed by atoms with Gasteiger partial charge < -0.3 is 28.4 Å². The third-order valence-electron chi connectivity index (χ3n) is 4.25. The van der Waals surface area contributed by atoms with Crippen LogP contribution >= 0.6 is 0 Å². The second kappa shape index (κ2) is 8.55. The molecule has 0 bridgehead atoms. The molecule has 2 aromatic rings. The highest BCUT2D eigenvalue weighted by Crippen LogP contribution is 2.42. The van der Waals surface area contributed by atoms with E-state index in [1.54, 1.807) is 36.4 Å². The van der Waals surface area contributed by atoms with Crippen LogP contribution in [0.2, 0.25) is 0 Å². The Morgan fingerprint density at radius 1 is 1.00 bits per heavy atom. The van der Waals surface area contributed by atoms with E-state index in [0.717, 1.165) is 0 Å². The average molecular weight is 400 g/mol. The molecule has 0 radical (unpaired) electrons. The maximum atomic E-state index is 12.7. The van der Waals surface area contributed by atoms with Crippen molar-refractivity contribution in [1.29, 1.82) is 0 Å². The number of carbonyl (C=O) groups excluding carboxylic acids is 2. The Balaban J connectivity index is 1.90. The monoisotopic (exact) mass is 400 g/mol. The number of benzene rings is 2. The topological polar surface area (TPSA) is 89.5 Å². The van der Waals surface area contributed by atoms with Gasteiger partial charge >= 0.3 is 5.97 Å². The van der Waals surface area contributed by atoms with Crippen molar-refractivity contribution in [3.05, 3.63) is 47.2 Å². The first-order chi connectivity index (χ1) is 14.0. The van der Waals surface area contributed by atoms with E-state index in [4.69, 9.17) is 23.7 Å². The number of ketones is 1. The zero-order chi connectivity index (χ0) is 21.0. The number of hydrogen-bond acceptors (Lipinski definition) is 8. The van der Waals surface area contributed by atoms with Gasteiger partial charge in [0, 0.05) is 11.6 Å². The molecule has 0 aromatic heterocycles. The first-order valence-corrected chi connectivity index (χ1v) is 8.59. The molecule has 8 heteroatoms. The van der Waals surface area contributed by atoms with Gasteiger partial charge in [-0.25, -0.2) is 4.79 Å². The van der Waals surface area contributed by atoms with E-state index in [1.165, 1.54) is 28.4 Å². The number of carbonyl (C=O) groups is 2. The van der Waals surface area contributed by atoms with Crippen LogP contribution in [0.1, 0.15) is 15.9 Å². The molecular weight excluding hydrogens is 380 g/mol. The lowest BCUT2D eigenvalue weighted by molar-refractivity contribution is -0.142. The number of allylic oxidation sites excluding steroid dienone is 1. The standard InChI is InChI=1S/C21H20O8/c1-24-15-8-5-12(20(26-3)21(15)27-4)9-17-19(23)14-7-6-13(10-16(14)29-17)28-11-18(22)25-2/h5-10H,11H2,1-4H3/b17-9+. The second-order valence-corrected chi connectivity index (χ2v) is 5.89. The van der Waals surface area contributed by atoms with E-state index < -0.39 is 5.97 Å². The summed E-state index contributed by atoms with van der Waals surface area (Å²) in [5, 5.41) is 0. The summed E-state index contributed by atoms with van der Waals surface area (Å²) in [4.78, 5) is 23.9. The fraction of sp³-hybridized carbons (Fsp3) is 0.238. The predicted octanol–water partition coefficient (Wildman–Crippen LogP) is 2.88.